The van der Waals surface area contributed by atoms with Gasteiger partial charge in [-0.3, -0.25) is 9.59 Å². The summed E-state index contributed by atoms with van der Waals surface area (Å²) in [5, 5.41) is 2.91. The molecule has 0 fully saturated rings. The molecular weight excluding hydrogens is 390 g/mol. The zero-order valence-corrected chi connectivity index (χ0v) is 15.9. The van der Waals surface area contributed by atoms with Crippen LogP contribution in [0, 0.1) is 11.6 Å². The van der Waals surface area contributed by atoms with Gasteiger partial charge in [-0.05, 0) is 48.5 Å². The highest BCUT2D eigenvalue weighted by Gasteiger charge is 2.41. The summed E-state index contributed by atoms with van der Waals surface area (Å²) < 4.78 is 32.4. The van der Waals surface area contributed by atoms with Crippen molar-refractivity contribution in [1.82, 2.24) is 0 Å². The number of carbonyl (C=O) groups is 2. The number of methoxy groups -OCH3 is 1. The molecule has 0 aromatic heterocycles. The molecule has 0 saturated carbocycles. The van der Waals surface area contributed by atoms with Crippen molar-refractivity contribution in [2.75, 3.05) is 17.3 Å². The second kappa shape index (κ2) is 7.79. The van der Waals surface area contributed by atoms with E-state index in [0.29, 0.717) is 17.0 Å². The molecule has 0 saturated heterocycles. The van der Waals surface area contributed by atoms with Crippen molar-refractivity contribution in [3.05, 3.63) is 95.7 Å². The van der Waals surface area contributed by atoms with Crippen LogP contribution in [0.15, 0.2) is 78.5 Å². The predicted molar refractivity (Wildman–Crippen MR) is 109 cm³/mol. The van der Waals surface area contributed by atoms with Crippen LogP contribution in [0.1, 0.15) is 5.56 Å². The number of rotatable bonds is 5. The van der Waals surface area contributed by atoms with Crippen LogP contribution in [0.3, 0.4) is 0 Å². The lowest BCUT2D eigenvalue weighted by Gasteiger charge is -2.15. The van der Waals surface area contributed by atoms with Crippen LogP contribution in [0.25, 0.3) is 5.57 Å². The number of benzene rings is 3. The Morgan fingerprint density at radius 1 is 0.833 bits per heavy atom. The van der Waals surface area contributed by atoms with E-state index in [1.54, 1.807) is 24.3 Å². The average Bonchev–Trinajstić information content (AvgIpc) is 2.99. The zero-order valence-electron chi connectivity index (χ0n) is 15.9. The smallest absolute Gasteiger partial charge is 0.282 e. The van der Waals surface area contributed by atoms with E-state index in [0.717, 1.165) is 11.0 Å². The molecule has 1 N–H and O–H groups in total. The molecule has 0 unspecified atom stereocenters. The summed E-state index contributed by atoms with van der Waals surface area (Å²) in [7, 11) is 1.46. The van der Waals surface area contributed by atoms with Gasteiger partial charge in [0.1, 0.15) is 23.1 Å². The number of nitrogens with zero attached hydrogens (tertiary/aromatic N) is 1. The maximum absolute atomic E-state index is 13.8. The molecule has 0 bridgehead atoms. The van der Waals surface area contributed by atoms with Crippen LogP contribution in [-0.4, -0.2) is 18.9 Å². The fraction of sp³-hybridized carbons (Fsp3) is 0.0435. The maximum atomic E-state index is 13.8. The van der Waals surface area contributed by atoms with E-state index in [4.69, 9.17) is 4.74 Å². The van der Waals surface area contributed by atoms with E-state index in [2.05, 4.69) is 5.32 Å². The van der Waals surface area contributed by atoms with E-state index in [1.165, 1.54) is 49.6 Å². The number of nitrogens with one attached hydrogen (secondary N) is 1. The SMILES string of the molecule is COc1ccccc1C1=C(Nc2ccc(F)cc2)C(=O)N(c2cccc(F)c2)C1=O. The zero-order chi connectivity index (χ0) is 21.3. The molecule has 0 aliphatic carbocycles. The Morgan fingerprint density at radius 3 is 2.27 bits per heavy atom. The van der Waals surface area contributed by atoms with E-state index in [9.17, 15) is 18.4 Å². The molecule has 7 heteroatoms. The molecule has 5 nitrogen and oxygen atoms in total. The predicted octanol–water partition coefficient (Wildman–Crippen LogP) is 4.37. The molecule has 1 aliphatic rings. The number of imide groups is 1. The van der Waals surface area contributed by atoms with Gasteiger partial charge in [-0.2, -0.15) is 0 Å². The lowest BCUT2D eigenvalue weighted by atomic mass is 10.0. The Kier molecular flexibility index (Phi) is 5.02. The van der Waals surface area contributed by atoms with Crippen LogP contribution >= 0.6 is 0 Å². The van der Waals surface area contributed by atoms with Gasteiger partial charge >= 0.3 is 0 Å². The van der Waals surface area contributed by atoms with E-state index in [1.807, 2.05) is 0 Å². The Hall–Kier alpha value is -4.00. The van der Waals surface area contributed by atoms with Crippen molar-refractivity contribution in [3.63, 3.8) is 0 Å². The standard InChI is InChI=1S/C23H16F2N2O3/c1-30-19-8-3-2-7-18(19)20-21(26-16-11-9-14(24)10-12-16)23(29)27(22(20)28)17-6-4-5-15(25)13-17/h2-13,26H,1H3. The Balaban J connectivity index is 1.86. The van der Waals surface area contributed by atoms with Gasteiger partial charge in [0.05, 0.1) is 18.4 Å². The number of ether oxygens (including phenoxy) is 1. The first-order valence-corrected chi connectivity index (χ1v) is 9.04. The number of halogens is 2. The molecule has 0 radical (unpaired) electrons. The van der Waals surface area contributed by atoms with E-state index < -0.39 is 23.4 Å². The normalized spacial score (nSPS) is 13.8. The number of carbonyl (C=O) groups excluding carboxylic acids is 2. The van der Waals surface area contributed by atoms with Crippen LogP contribution in [-0.2, 0) is 9.59 Å². The summed E-state index contributed by atoms with van der Waals surface area (Å²) in [5.74, 6) is -1.90. The van der Waals surface area contributed by atoms with Gasteiger partial charge in [-0.1, -0.05) is 24.3 Å². The minimum Gasteiger partial charge on any atom is -0.496 e. The molecule has 1 aliphatic heterocycles. The molecule has 3 aromatic carbocycles. The largest absolute Gasteiger partial charge is 0.496 e. The summed E-state index contributed by atoms with van der Waals surface area (Å²) >= 11 is 0. The van der Waals surface area contributed by atoms with E-state index >= 15 is 0 Å². The molecule has 3 aromatic rings. The van der Waals surface area contributed by atoms with Gasteiger partial charge < -0.3 is 10.1 Å². The van der Waals surface area contributed by atoms with Crippen LogP contribution in [0.5, 0.6) is 5.75 Å². The molecule has 150 valence electrons. The topological polar surface area (TPSA) is 58.6 Å². The summed E-state index contributed by atoms with van der Waals surface area (Å²) in [4.78, 5) is 27.4. The Morgan fingerprint density at radius 2 is 1.57 bits per heavy atom. The van der Waals surface area contributed by atoms with Crippen LogP contribution in [0.4, 0.5) is 20.2 Å². The van der Waals surface area contributed by atoms with Crippen molar-refractivity contribution in [1.29, 1.82) is 0 Å². The first-order chi connectivity index (χ1) is 14.5. The summed E-state index contributed by atoms with van der Waals surface area (Å²) in [6, 6.07) is 17.4. The third kappa shape index (κ3) is 3.41. The third-order valence-corrected chi connectivity index (χ3v) is 4.64. The Bertz CT molecular complexity index is 1170. The van der Waals surface area contributed by atoms with Crippen LogP contribution in [0.2, 0.25) is 0 Å². The Labute approximate surface area is 171 Å². The van der Waals surface area contributed by atoms with Crippen molar-refractivity contribution in [2.45, 2.75) is 0 Å². The minimum atomic E-state index is -0.657. The van der Waals surface area contributed by atoms with Gasteiger partial charge in [0.25, 0.3) is 11.8 Å². The van der Waals surface area contributed by atoms with Gasteiger partial charge in [0.15, 0.2) is 0 Å². The summed E-state index contributed by atoms with van der Waals surface area (Å²) in [6.07, 6.45) is 0. The summed E-state index contributed by atoms with van der Waals surface area (Å²) in [6.45, 7) is 0. The van der Waals surface area contributed by atoms with Crippen LogP contribution < -0.4 is 15.0 Å². The number of anilines is 2. The van der Waals surface area contributed by atoms with Crippen molar-refractivity contribution in [3.8, 4) is 5.75 Å². The highest BCUT2D eigenvalue weighted by atomic mass is 19.1. The molecule has 30 heavy (non-hydrogen) atoms. The molecular formula is C23H16F2N2O3. The highest BCUT2D eigenvalue weighted by Crippen LogP contribution is 2.37. The molecule has 4 rings (SSSR count). The summed E-state index contributed by atoms with van der Waals surface area (Å²) in [5.41, 5.74) is 0.989. The second-order valence-corrected chi connectivity index (χ2v) is 6.51. The molecule has 2 amide bonds. The lowest BCUT2D eigenvalue weighted by molar-refractivity contribution is -0.120. The van der Waals surface area contributed by atoms with Gasteiger partial charge in [-0.15, -0.1) is 0 Å². The second-order valence-electron chi connectivity index (χ2n) is 6.51. The molecule has 0 spiro atoms. The first kappa shape index (κ1) is 19.3. The molecule has 0 atom stereocenters. The van der Waals surface area contributed by atoms with Gasteiger partial charge in [0.2, 0.25) is 0 Å². The fourth-order valence-corrected chi connectivity index (χ4v) is 3.27. The van der Waals surface area contributed by atoms with Gasteiger partial charge in [-0.25, -0.2) is 13.7 Å². The number of para-hydroxylation sites is 1. The number of hydrogen-bond acceptors (Lipinski definition) is 4. The number of hydrogen-bond donors (Lipinski definition) is 1. The maximum Gasteiger partial charge on any atom is 0.282 e. The van der Waals surface area contributed by atoms with Crippen molar-refractivity contribution >= 4 is 28.8 Å². The fourth-order valence-electron chi connectivity index (χ4n) is 3.27. The highest BCUT2D eigenvalue weighted by molar-refractivity contribution is 6.46. The third-order valence-electron chi connectivity index (χ3n) is 4.64. The average molecular weight is 406 g/mol. The minimum absolute atomic E-state index is 0.0135. The van der Waals surface area contributed by atoms with Crippen molar-refractivity contribution in [2.24, 2.45) is 0 Å². The lowest BCUT2D eigenvalue weighted by Crippen LogP contribution is -2.32. The quantitative estimate of drug-likeness (QED) is 0.640. The van der Waals surface area contributed by atoms with Crippen molar-refractivity contribution < 1.29 is 23.1 Å². The first-order valence-electron chi connectivity index (χ1n) is 9.04. The van der Waals surface area contributed by atoms with Gasteiger partial charge in [0, 0.05) is 11.3 Å². The number of amides is 2. The monoisotopic (exact) mass is 406 g/mol. The molecule has 1 heterocycles. The van der Waals surface area contributed by atoms with E-state index in [-0.39, 0.29) is 17.0 Å².